The Hall–Kier alpha value is 0.270. The van der Waals surface area contributed by atoms with Crippen molar-refractivity contribution in [2.24, 2.45) is 22.7 Å². The van der Waals surface area contributed by atoms with Crippen LogP contribution in [0.15, 0.2) is 0 Å². The third-order valence-corrected chi connectivity index (χ3v) is 9.56. The van der Waals surface area contributed by atoms with Crippen LogP contribution in [0.1, 0.15) is 58.8 Å². The lowest BCUT2D eigenvalue weighted by Gasteiger charge is -2.54. The van der Waals surface area contributed by atoms with Crippen molar-refractivity contribution >= 4 is 11.8 Å². The highest BCUT2D eigenvalue weighted by Crippen LogP contribution is 2.54. The van der Waals surface area contributed by atoms with Gasteiger partial charge in [-0.2, -0.15) is 11.8 Å². The number of likely N-dealkylation sites (tertiary alicyclic amines) is 2. The molecule has 0 N–H and O–H groups in total. The van der Waals surface area contributed by atoms with Gasteiger partial charge in [-0.15, -0.1) is 0 Å². The summed E-state index contributed by atoms with van der Waals surface area (Å²) in [6, 6.07) is 0. The third kappa shape index (κ3) is 3.18. The van der Waals surface area contributed by atoms with Crippen LogP contribution >= 0.6 is 11.8 Å². The van der Waals surface area contributed by atoms with Crippen LogP contribution in [0, 0.1) is 22.7 Å². The van der Waals surface area contributed by atoms with Crippen LogP contribution in [-0.2, 0) is 0 Å². The van der Waals surface area contributed by atoms with Crippen LogP contribution in [0.4, 0.5) is 0 Å². The van der Waals surface area contributed by atoms with E-state index in [1.807, 2.05) is 0 Å². The van der Waals surface area contributed by atoms with Gasteiger partial charge in [0.2, 0.25) is 0 Å². The van der Waals surface area contributed by atoms with Crippen LogP contribution in [0.25, 0.3) is 0 Å². The first-order valence-electron chi connectivity index (χ1n) is 10.5. The van der Waals surface area contributed by atoms with Gasteiger partial charge in [-0.1, -0.05) is 13.8 Å². The molecular weight excluding hydrogens is 312 g/mol. The number of hydrogen-bond acceptors (Lipinski definition) is 3. The summed E-state index contributed by atoms with van der Waals surface area (Å²) in [6.45, 7) is 13.0. The highest BCUT2D eigenvalue weighted by molar-refractivity contribution is 7.99. The van der Waals surface area contributed by atoms with Crippen molar-refractivity contribution in [3.8, 4) is 0 Å². The highest BCUT2D eigenvalue weighted by Gasteiger charge is 2.49. The molecule has 0 bridgehead atoms. The van der Waals surface area contributed by atoms with E-state index < -0.39 is 0 Å². The second kappa shape index (κ2) is 6.78. The van der Waals surface area contributed by atoms with Crippen LogP contribution < -0.4 is 0 Å². The minimum Gasteiger partial charge on any atom is -0.302 e. The van der Waals surface area contributed by atoms with E-state index in [4.69, 9.17) is 0 Å². The molecule has 0 amide bonds. The predicted octanol–water partition coefficient (Wildman–Crippen LogP) is 4.35. The van der Waals surface area contributed by atoms with Gasteiger partial charge in [0.15, 0.2) is 0 Å². The van der Waals surface area contributed by atoms with E-state index in [2.05, 4.69) is 41.7 Å². The Balaban J connectivity index is 1.15. The van der Waals surface area contributed by atoms with Crippen molar-refractivity contribution in [1.82, 2.24) is 9.80 Å². The predicted molar refractivity (Wildman–Crippen MR) is 106 cm³/mol. The Morgan fingerprint density at radius 3 is 2.21 bits per heavy atom. The van der Waals surface area contributed by atoms with Crippen LogP contribution in [0.5, 0.6) is 0 Å². The van der Waals surface area contributed by atoms with Crippen LogP contribution in [-0.4, -0.2) is 60.6 Å². The average Bonchev–Trinajstić information content (AvgIpc) is 2.98. The minimum absolute atomic E-state index is 0.735. The summed E-state index contributed by atoms with van der Waals surface area (Å²) >= 11 is 2.14. The molecule has 0 aromatic rings. The number of rotatable bonds is 5. The molecule has 138 valence electrons. The van der Waals surface area contributed by atoms with E-state index in [-0.39, 0.29) is 0 Å². The maximum absolute atomic E-state index is 2.76. The molecule has 2 saturated carbocycles. The summed E-state index contributed by atoms with van der Waals surface area (Å²) in [5, 5.41) is 0.978. The summed E-state index contributed by atoms with van der Waals surface area (Å²) in [6.07, 6.45) is 12.8. The molecule has 2 spiro atoms. The Morgan fingerprint density at radius 2 is 1.67 bits per heavy atom. The van der Waals surface area contributed by atoms with Crippen LogP contribution in [0.2, 0.25) is 0 Å². The largest absolute Gasteiger partial charge is 0.302 e. The minimum atomic E-state index is 0.735. The monoisotopic (exact) mass is 350 g/mol. The molecule has 2 aliphatic carbocycles. The molecule has 4 aliphatic rings. The van der Waals surface area contributed by atoms with Gasteiger partial charge in [0, 0.05) is 31.4 Å². The van der Waals surface area contributed by atoms with Crippen molar-refractivity contribution in [1.29, 1.82) is 0 Å². The molecule has 0 aromatic heterocycles. The highest BCUT2D eigenvalue weighted by atomic mass is 32.2. The van der Waals surface area contributed by atoms with Gasteiger partial charge in [0.05, 0.1) is 0 Å². The average molecular weight is 351 g/mol. The number of nitrogens with zero attached hydrogens (tertiary/aromatic N) is 2. The molecule has 0 radical (unpaired) electrons. The van der Waals surface area contributed by atoms with E-state index >= 15 is 0 Å². The van der Waals surface area contributed by atoms with Crippen molar-refractivity contribution in [3.63, 3.8) is 0 Å². The lowest BCUT2D eigenvalue weighted by molar-refractivity contribution is -0.0137. The third-order valence-electron chi connectivity index (χ3n) is 8.26. The lowest BCUT2D eigenvalue weighted by atomic mass is 9.62. The SMILES string of the molecule is CSC1CCC12CCN(CCN1CC3(CCC(C(C)C)C3)C1)CC2. The Morgan fingerprint density at radius 1 is 0.958 bits per heavy atom. The van der Waals surface area contributed by atoms with Crippen molar-refractivity contribution in [2.45, 2.75) is 64.0 Å². The zero-order chi connectivity index (χ0) is 16.8. The summed E-state index contributed by atoms with van der Waals surface area (Å²) in [4.78, 5) is 5.51. The molecule has 4 rings (SSSR count). The van der Waals surface area contributed by atoms with E-state index in [0.717, 1.165) is 27.9 Å². The summed E-state index contributed by atoms with van der Waals surface area (Å²) in [5.41, 5.74) is 1.48. The van der Waals surface area contributed by atoms with E-state index in [9.17, 15) is 0 Å². The molecule has 2 saturated heterocycles. The summed E-state index contributed by atoms with van der Waals surface area (Å²) in [7, 11) is 0. The first-order valence-corrected chi connectivity index (χ1v) is 11.8. The number of piperidine rings is 1. The normalized spacial score (nSPS) is 35.5. The topological polar surface area (TPSA) is 6.48 Å². The van der Waals surface area contributed by atoms with Gasteiger partial charge in [0.25, 0.3) is 0 Å². The van der Waals surface area contributed by atoms with Crippen molar-refractivity contribution in [3.05, 3.63) is 0 Å². The second-order valence-electron chi connectivity index (χ2n) is 9.92. The zero-order valence-corrected chi connectivity index (χ0v) is 17.0. The Labute approximate surface area is 154 Å². The number of hydrogen-bond donors (Lipinski definition) is 0. The molecule has 4 fully saturated rings. The first kappa shape index (κ1) is 17.7. The van der Waals surface area contributed by atoms with E-state index in [1.165, 1.54) is 84.2 Å². The van der Waals surface area contributed by atoms with Gasteiger partial charge in [0.1, 0.15) is 0 Å². The van der Waals surface area contributed by atoms with Gasteiger partial charge in [-0.25, -0.2) is 0 Å². The molecule has 2 heterocycles. The van der Waals surface area contributed by atoms with Crippen LogP contribution in [0.3, 0.4) is 0 Å². The summed E-state index contributed by atoms with van der Waals surface area (Å²) in [5.74, 6) is 1.91. The Kier molecular flexibility index (Phi) is 4.99. The maximum Gasteiger partial charge on any atom is 0.0110 e. The van der Waals surface area contributed by atoms with Gasteiger partial charge in [-0.05, 0) is 87.0 Å². The Bertz CT molecular complexity index is 433. The molecule has 3 heteroatoms. The molecule has 0 aromatic carbocycles. The van der Waals surface area contributed by atoms with Crippen molar-refractivity contribution < 1.29 is 0 Å². The standard InChI is InChI=1S/C21H38N2S/c1-17(2)18-4-6-20(14-18)15-23(16-20)13-12-22-10-8-21(9-11-22)7-5-19(21)24-3/h17-19H,4-16H2,1-3H3. The van der Waals surface area contributed by atoms with E-state index in [1.54, 1.807) is 0 Å². The van der Waals surface area contributed by atoms with E-state index in [0.29, 0.717) is 0 Å². The second-order valence-corrected chi connectivity index (χ2v) is 11.0. The van der Waals surface area contributed by atoms with Gasteiger partial charge < -0.3 is 9.80 Å². The smallest absolute Gasteiger partial charge is 0.0110 e. The first-order chi connectivity index (χ1) is 11.5. The van der Waals surface area contributed by atoms with Crippen molar-refractivity contribution in [2.75, 3.05) is 45.5 Å². The maximum atomic E-state index is 2.76. The molecule has 24 heavy (non-hydrogen) atoms. The van der Waals surface area contributed by atoms with Gasteiger partial charge in [-0.3, -0.25) is 0 Å². The lowest BCUT2D eigenvalue weighted by Crippen LogP contribution is -2.57. The summed E-state index contributed by atoms with van der Waals surface area (Å²) < 4.78 is 0. The quantitative estimate of drug-likeness (QED) is 0.728. The van der Waals surface area contributed by atoms with Gasteiger partial charge >= 0.3 is 0 Å². The molecule has 2 aliphatic heterocycles. The molecule has 2 atom stereocenters. The number of thioether (sulfide) groups is 1. The molecular formula is C21H38N2S. The zero-order valence-electron chi connectivity index (χ0n) is 16.2. The fraction of sp³-hybridized carbons (Fsp3) is 1.00. The fourth-order valence-electron chi connectivity index (χ4n) is 6.28. The molecule has 2 nitrogen and oxygen atoms in total. The molecule has 2 unspecified atom stereocenters. The fourth-order valence-corrected chi connectivity index (χ4v) is 7.49.